The molecule has 0 radical (unpaired) electrons. The molecule has 1 heterocycles. The molecule has 22 heavy (non-hydrogen) atoms. The fourth-order valence-corrected chi connectivity index (χ4v) is 2.22. The number of aryl methyl sites for hydroxylation is 1. The average molecular weight is 294 g/mol. The van der Waals surface area contributed by atoms with Gasteiger partial charge < -0.3 is 9.88 Å². The molecule has 0 bridgehead atoms. The van der Waals surface area contributed by atoms with Crippen molar-refractivity contribution in [3.8, 4) is 5.69 Å². The van der Waals surface area contributed by atoms with E-state index in [0.717, 1.165) is 11.3 Å². The molecule has 0 atom stereocenters. The number of aromatic nitrogens is 1. The number of amides is 1. The Bertz CT molecular complexity index is 792. The molecule has 0 spiro atoms. The van der Waals surface area contributed by atoms with Crippen molar-refractivity contribution in [2.45, 2.75) is 6.92 Å². The summed E-state index contributed by atoms with van der Waals surface area (Å²) in [6.07, 6.45) is 3.86. The molecule has 1 N–H and O–H groups in total. The van der Waals surface area contributed by atoms with Gasteiger partial charge in [0, 0.05) is 23.6 Å². The molecule has 0 saturated heterocycles. The predicted octanol–water partition coefficient (Wildman–Crippen LogP) is 4.18. The van der Waals surface area contributed by atoms with E-state index in [4.69, 9.17) is 0 Å². The molecule has 110 valence electrons. The van der Waals surface area contributed by atoms with Crippen LogP contribution < -0.4 is 5.32 Å². The summed E-state index contributed by atoms with van der Waals surface area (Å²) < 4.78 is 15.6. The number of carbonyl (C=O) groups excluding carboxylic acids is 1. The summed E-state index contributed by atoms with van der Waals surface area (Å²) in [5.41, 5.74) is 2.53. The number of carbonyl (C=O) groups is 1. The molecule has 1 aromatic heterocycles. The van der Waals surface area contributed by atoms with Gasteiger partial charge in [0.15, 0.2) is 0 Å². The van der Waals surface area contributed by atoms with Crippen molar-refractivity contribution >= 4 is 11.6 Å². The van der Waals surface area contributed by atoms with Gasteiger partial charge in [-0.2, -0.15) is 0 Å². The van der Waals surface area contributed by atoms with Crippen molar-refractivity contribution in [2.24, 2.45) is 0 Å². The van der Waals surface area contributed by atoms with Crippen LogP contribution in [0.4, 0.5) is 10.1 Å². The van der Waals surface area contributed by atoms with E-state index in [2.05, 4.69) is 5.32 Å². The summed E-state index contributed by atoms with van der Waals surface area (Å²) in [7, 11) is 0. The van der Waals surface area contributed by atoms with E-state index in [1.54, 1.807) is 24.3 Å². The molecular formula is C18H15FN2O. The van der Waals surface area contributed by atoms with Gasteiger partial charge in [-0.15, -0.1) is 0 Å². The van der Waals surface area contributed by atoms with E-state index in [0.29, 0.717) is 5.56 Å². The van der Waals surface area contributed by atoms with Gasteiger partial charge >= 0.3 is 0 Å². The standard InChI is InChI=1S/C18H15FN2O/c1-13-4-9-16(19)17(12-13)20-18(22)14-5-7-15(8-6-14)21-10-2-3-11-21/h2-12H,1H3,(H,20,22). The van der Waals surface area contributed by atoms with Crippen molar-refractivity contribution < 1.29 is 9.18 Å². The van der Waals surface area contributed by atoms with E-state index >= 15 is 0 Å². The molecule has 0 saturated carbocycles. The monoisotopic (exact) mass is 294 g/mol. The van der Waals surface area contributed by atoms with Crippen molar-refractivity contribution in [1.29, 1.82) is 0 Å². The largest absolute Gasteiger partial charge is 0.324 e. The summed E-state index contributed by atoms with van der Waals surface area (Å²) in [5.74, 6) is -0.772. The maximum absolute atomic E-state index is 13.7. The van der Waals surface area contributed by atoms with Crippen LogP contribution >= 0.6 is 0 Å². The second kappa shape index (κ2) is 5.85. The van der Waals surface area contributed by atoms with Gasteiger partial charge in [-0.05, 0) is 61.0 Å². The summed E-state index contributed by atoms with van der Waals surface area (Å²) in [4.78, 5) is 12.2. The molecule has 0 fully saturated rings. The first-order valence-corrected chi connectivity index (χ1v) is 6.94. The molecule has 2 aromatic carbocycles. The Labute approximate surface area is 128 Å². The van der Waals surface area contributed by atoms with Crippen molar-refractivity contribution in [3.05, 3.63) is 83.9 Å². The molecule has 0 aliphatic heterocycles. The number of anilines is 1. The summed E-state index contributed by atoms with van der Waals surface area (Å²) in [6, 6.07) is 15.6. The fraction of sp³-hybridized carbons (Fsp3) is 0.0556. The lowest BCUT2D eigenvalue weighted by atomic mass is 10.1. The molecule has 1 amide bonds. The lowest BCUT2D eigenvalue weighted by molar-refractivity contribution is 0.102. The summed E-state index contributed by atoms with van der Waals surface area (Å²) in [5, 5.41) is 2.60. The SMILES string of the molecule is Cc1ccc(F)c(NC(=O)c2ccc(-n3cccc3)cc2)c1. The third-order valence-corrected chi connectivity index (χ3v) is 3.40. The minimum absolute atomic E-state index is 0.194. The fourth-order valence-electron chi connectivity index (χ4n) is 2.22. The van der Waals surface area contributed by atoms with E-state index in [1.165, 1.54) is 6.07 Å². The maximum Gasteiger partial charge on any atom is 0.255 e. The van der Waals surface area contributed by atoms with Gasteiger partial charge in [0.2, 0.25) is 0 Å². The highest BCUT2D eigenvalue weighted by atomic mass is 19.1. The third-order valence-electron chi connectivity index (χ3n) is 3.40. The van der Waals surface area contributed by atoms with Crippen LogP contribution in [-0.2, 0) is 0 Å². The number of rotatable bonds is 3. The highest BCUT2D eigenvalue weighted by Gasteiger charge is 2.09. The second-order valence-corrected chi connectivity index (χ2v) is 5.07. The topological polar surface area (TPSA) is 34.0 Å². The van der Waals surface area contributed by atoms with Crippen LogP contribution in [0, 0.1) is 12.7 Å². The van der Waals surface area contributed by atoms with Gasteiger partial charge in [-0.25, -0.2) is 4.39 Å². The Balaban J connectivity index is 1.79. The van der Waals surface area contributed by atoms with Gasteiger partial charge in [0.1, 0.15) is 5.82 Å². The van der Waals surface area contributed by atoms with Gasteiger partial charge in [-0.1, -0.05) is 6.07 Å². The summed E-state index contributed by atoms with van der Waals surface area (Å²) in [6.45, 7) is 1.85. The van der Waals surface area contributed by atoms with E-state index in [9.17, 15) is 9.18 Å². The molecule has 3 aromatic rings. The number of nitrogens with zero attached hydrogens (tertiary/aromatic N) is 1. The quantitative estimate of drug-likeness (QED) is 0.772. The molecule has 3 nitrogen and oxygen atoms in total. The van der Waals surface area contributed by atoms with Crippen LogP contribution in [0.3, 0.4) is 0 Å². The third kappa shape index (κ3) is 2.91. The van der Waals surface area contributed by atoms with Gasteiger partial charge in [0.05, 0.1) is 5.69 Å². The number of hydrogen-bond donors (Lipinski definition) is 1. The van der Waals surface area contributed by atoms with Gasteiger partial charge in [0.25, 0.3) is 5.91 Å². The number of benzene rings is 2. The van der Waals surface area contributed by atoms with E-state index in [-0.39, 0.29) is 11.6 Å². The Morgan fingerprint density at radius 3 is 2.41 bits per heavy atom. The van der Waals surface area contributed by atoms with E-state index in [1.807, 2.05) is 48.1 Å². The van der Waals surface area contributed by atoms with Crippen LogP contribution in [-0.4, -0.2) is 10.5 Å². The normalized spacial score (nSPS) is 10.5. The second-order valence-electron chi connectivity index (χ2n) is 5.07. The molecular weight excluding hydrogens is 279 g/mol. The zero-order valence-corrected chi connectivity index (χ0v) is 12.1. The van der Waals surface area contributed by atoms with Crippen LogP contribution in [0.5, 0.6) is 0 Å². The molecule has 0 unspecified atom stereocenters. The number of hydrogen-bond acceptors (Lipinski definition) is 1. The molecule has 3 rings (SSSR count). The molecule has 4 heteroatoms. The zero-order valence-electron chi connectivity index (χ0n) is 12.1. The van der Waals surface area contributed by atoms with Crippen LogP contribution in [0.25, 0.3) is 5.69 Å². The minimum Gasteiger partial charge on any atom is -0.324 e. The van der Waals surface area contributed by atoms with Gasteiger partial charge in [-0.3, -0.25) is 4.79 Å². The van der Waals surface area contributed by atoms with Crippen LogP contribution in [0.2, 0.25) is 0 Å². The van der Waals surface area contributed by atoms with Crippen LogP contribution in [0.1, 0.15) is 15.9 Å². The minimum atomic E-state index is -0.442. The smallest absolute Gasteiger partial charge is 0.255 e. The molecule has 0 aliphatic carbocycles. The average Bonchev–Trinajstić information content (AvgIpc) is 3.05. The Kier molecular flexibility index (Phi) is 3.74. The Hall–Kier alpha value is -2.88. The van der Waals surface area contributed by atoms with Crippen LogP contribution in [0.15, 0.2) is 67.0 Å². The highest BCUT2D eigenvalue weighted by molar-refractivity contribution is 6.04. The highest BCUT2D eigenvalue weighted by Crippen LogP contribution is 2.17. The lowest BCUT2D eigenvalue weighted by Crippen LogP contribution is -2.13. The van der Waals surface area contributed by atoms with Crippen molar-refractivity contribution in [1.82, 2.24) is 4.57 Å². The molecule has 0 aliphatic rings. The number of nitrogens with one attached hydrogen (secondary N) is 1. The first-order chi connectivity index (χ1) is 10.6. The first-order valence-electron chi connectivity index (χ1n) is 6.94. The lowest BCUT2D eigenvalue weighted by Gasteiger charge is -2.08. The van der Waals surface area contributed by atoms with Crippen molar-refractivity contribution in [3.63, 3.8) is 0 Å². The Morgan fingerprint density at radius 1 is 1.05 bits per heavy atom. The maximum atomic E-state index is 13.7. The van der Waals surface area contributed by atoms with Crippen molar-refractivity contribution in [2.75, 3.05) is 5.32 Å². The zero-order chi connectivity index (χ0) is 15.5. The van der Waals surface area contributed by atoms with E-state index < -0.39 is 5.82 Å². The first kappa shape index (κ1) is 14.1. The Morgan fingerprint density at radius 2 is 1.73 bits per heavy atom. The summed E-state index contributed by atoms with van der Waals surface area (Å²) >= 11 is 0. The predicted molar refractivity (Wildman–Crippen MR) is 84.9 cm³/mol. The number of halogens is 1.